The second kappa shape index (κ2) is 11.7. The Balaban J connectivity index is 1.82. The fourth-order valence-electron chi connectivity index (χ4n) is 2.66. The molecule has 2 rings (SSSR count). The van der Waals surface area contributed by atoms with Gasteiger partial charge in [0, 0.05) is 23.2 Å². The molecule has 0 heterocycles. The van der Waals surface area contributed by atoms with E-state index in [0.29, 0.717) is 41.5 Å². The molecule has 0 bridgehead atoms. The van der Waals surface area contributed by atoms with Crippen LogP contribution >= 0.6 is 0 Å². The van der Waals surface area contributed by atoms with Crippen molar-refractivity contribution in [1.29, 1.82) is 0 Å². The summed E-state index contributed by atoms with van der Waals surface area (Å²) in [5.74, 6) is 0.565. The van der Waals surface area contributed by atoms with Gasteiger partial charge in [0.2, 0.25) is 5.91 Å². The van der Waals surface area contributed by atoms with Crippen LogP contribution in [0.1, 0.15) is 61.3 Å². The average molecular weight is 426 g/mol. The fraction of sp³-hybridized carbons (Fsp3) is 0.375. The van der Waals surface area contributed by atoms with Crippen LogP contribution in [0.2, 0.25) is 0 Å². The molecule has 0 spiro atoms. The Hall–Kier alpha value is -3.35. The zero-order chi connectivity index (χ0) is 22.8. The molecule has 3 N–H and O–H groups in total. The highest BCUT2D eigenvalue weighted by Gasteiger charge is 2.10. The molecule has 0 saturated carbocycles. The lowest BCUT2D eigenvalue weighted by Crippen LogP contribution is -2.41. The molecular formula is C24H31N3O4. The summed E-state index contributed by atoms with van der Waals surface area (Å²) in [4.78, 5) is 36.3. The molecule has 0 fully saturated rings. The Morgan fingerprint density at radius 1 is 0.774 bits per heavy atom. The third-order valence-electron chi connectivity index (χ3n) is 4.39. The van der Waals surface area contributed by atoms with E-state index in [9.17, 15) is 14.4 Å². The largest absolute Gasteiger partial charge is 0.494 e. The van der Waals surface area contributed by atoms with Gasteiger partial charge < -0.3 is 10.1 Å². The van der Waals surface area contributed by atoms with Crippen LogP contribution in [0.25, 0.3) is 0 Å². The number of hydrazine groups is 1. The molecule has 0 aromatic heterocycles. The number of anilines is 1. The molecule has 0 saturated heterocycles. The molecule has 7 heteroatoms. The summed E-state index contributed by atoms with van der Waals surface area (Å²) < 4.78 is 5.63. The Kier molecular flexibility index (Phi) is 9.06. The number of rotatable bonds is 9. The van der Waals surface area contributed by atoms with Crippen LogP contribution in [-0.2, 0) is 4.79 Å². The maximum absolute atomic E-state index is 12.3. The van der Waals surface area contributed by atoms with E-state index in [1.165, 1.54) is 0 Å². The van der Waals surface area contributed by atoms with Gasteiger partial charge in [0.15, 0.2) is 0 Å². The highest BCUT2D eigenvalue weighted by Crippen LogP contribution is 2.14. The van der Waals surface area contributed by atoms with E-state index in [2.05, 4.69) is 30.0 Å². The van der Waals surface area contributed by atoms with Gasteiger partial charge in [-0.2, -0.15) is 0 Å². The third kappa shape index (κ3) is 8.50. The predicted octanol–water partition coefficient (Wildman–Crippen LogP) is 4.17. The fourth-order valence-corrected chi connectivity index (χ4v) is 2.66. The van der Waals surface area contributed by atoms with Crippen molar-refractivity contribution in [3.63, 3.8) is 0 Å². The summed E-state index contributed by atoms with van der Waals surface area (Å²) in [6, 6.07) is 13.2. The van der Waals surface area contributed by atoms with Crippen molar-refractivity contribution in [2.75, 3.05) is 11.9 Å². The molecule has 0 aliphatic carbocycles. The van der Waals surface area contributed by atoms with Crippen LogP contribution in [0.3, 0.4) is 0 Å². The number of carbonyl (C=O) groups is 3. The number of ether oxygens (including phenoxy) is 1. The van der Waals surface area contributed by atoms with E-state index in [-0.39, 0.29) is 11.8 Å². The summed E-state index contributed by atoms with van der Waals surface area (Å²) in [5, 5.41) is 2.78. The number of hydrogen-bond donors (Lipinski definition) is 3. The van der Waals surface area contributed by atoms with Gasteiger partial charge in [-0.15, -0.1) is 0 Å². The number of carbonyl (C=O) groups excluding carboxylic acids is 3. The normalized spacial score (nSPS) is 10.6. The van der Waals surface area contributed by atoms with Gasteiger partial charge in [-0.1, -0.05) is 27.7 Å². The van der Waals surface area contributed by atoms with E-state index in [0.717, 1.165) is 6.42 Å². The molecule has 3 amide bonds. The maximum atomic E-state index is 12.3. The van der Waals surface area contributed by atoms with E-state index in [4.69, 9.17) is 4.74 Å². The van der Waals surface area contributed by atoms with Crippen molar-refractivity contribution < 1.29 is 19.1 Å². The first-order valence-corrected chi connectivity index (χ1v) is 10.5. The first kappa shape index (κ1) is 23.9. The number of hydrogen-bond acceptors (Lipinski definition) is 4. The Bertz CT molecular complexity index is 875. The smallest absolute Gasteiger partial charge is 0.269 e. The van der Waals surface area contributed by atoms with Crippen LogP contribution in [0.5, 0.6) is 5.75 Å². The van der Waals surface area contributed by atoms with Gasteiger partial charge in [0.05, 0.1) is 6.61 Å². The van der Waals surface area contributed by atoms with Crippen LogP contribution in [0, 0.1) is 11.8 Å². The lowest BCUT2D eigenvalue weighted by Gasteiger charge is -2.10. The van der Waals surface area contributed by atoms with Crippen molar-refractivity contribution in [3.8, 4) is 5.75 Å². The zero-order valence-corrected chi connectivity index (χ0v) is 18.5. The molecule has 0 aliphatic rings. The van der Waals surface area contributed by atoms with Gasteiger partial charge in [0.25, 0.3) is 11.8 Å². The molecule has 166 valence electrons. The lowest BCUT2D eigenvalue weighted by molar-refractivity contribution is -0.116. The molecule has 31 heavy (non-hydrogen) atoms. The van der Waals surface area contributed by atoms with Crippen LogP contribution < -0.4 is 20.9 Å². The summed E-state index contributed by atoms with van der Waals surface area (Å²) in [6.07, 6.45) is 1.39. The molecule has 0 aliphatic heterocycles. The van der Waals surface area contributed by atoms with E-state index in [1.54, 1.807) is 48.5 Å². The molecule has 0 atom stereocenters. The van der Waals surface area contributed by atoms with Crippen LogP contribution in [0.4, 0.5) is 5.69 Å². The predicted molar refractivity (Wildman–Crippen MR) is 121 cm³/mol. The van der Waals surface area contributed by atoms with Crippen molar-refractivity contribution in [2.24, 2.45) is 11.8 Å². The van der Waals surface area contributed by atoms with E-state index >= 15 is 0 Å². The summed E-state index contributed by atoms with van der Waals surface area (Å²) in [7, 11) is 0. The minimum Gasteiger partial charge on any atom is -0.494 e. The Morgan fingerprint density at radius 2 is 1.29 bits per heavy atom. The van der Waals surface area contributed by atoms with Gasteiger partial charge in [-0.3, -0.25) is 25.2 Å². The van der Waals surface area contributed by atoms with Gasteiger partial charge in [-0.05, 0) is 66.8 Å². The number of amides is 3. The van der Waals surface area contributed by atoms with Crippen LogP contribution in [0.15, 0.2) is 48.5 Å². The highest BCUT2D eigenvalue weighted by atomic mass is 16.5. The topological polar surface area (TPSA) is 96.5 Å². The van der Waals surface area contributed by atoms with Crippen molar-refractivity contribution >= 4 is 23.4 Å². The zero-order valence-electron chi connectivity index (χ0n) is 18.5. The minimum atomic E-state index is -0.456. The van der Waals surface area contributed by atoms with E-state index < -0.39 is 11.8 Å². The van der Waals surface area contributed by atoms with Crippen LogP contribution in [-0.4, -0.2) is 24.3 Å². The molecule has 7 nitrogen and oxygen atoms in total. The van der Waals surface area contributed by atoms with Crippen molar-refractivity contribution in [1.82, 2.24) is 10.9 Å². The van der Waals surface area contributed by atoms with Gasteiger partial charge in [-0.25, -0.2) is 0 Å². The quantitative estimate of drug-likeness (QED) is 0.525. The van der Waals surface area contributed by atoms with Gasteiger partial charge in [0.1, 0.15) is 5.75 Å². The maximum Gasteiger partial charge on any atom is 0.269 e. The SMILES string of the molecule is CC(C)CCOc1ccc(C(=O)NNC(=O)c2ccc(NC(=O)CC(C)C)cc2)cc1. The molecule has 0 radical (unpaired) electrons. The minimum absolute atomic E-state index is 0.0733. The molecule has 2 aromatic rings. The van der Waals surface area contributed by atoms with Crippen molar-refractivity contribution in [2.45, 2.75) is 40.5 Å². The Morgan fingerprint density at radius 3 is 1.77 bits per heavy atom. The summed E-state index contributed by atoms with van der Waals surface area (Å²) in [6.45, 7) is 8.82. The highest BCUT2D eigenvalue weighted by molar-refractivity contribution is 5.99. The second-order valence-electron chi connectivity index (χ2n) is 8.19. The molecule has 2 aromatic carbocycles. The lowest BCUT2D eigenvalue weighted by atomic mass is 10.1. The first-order chi connectivity index (χ1) is 14.7. The van der Waals surface area contributed by atoms with Gasteiger partial charge >= 0.3 is 0 Å². The number of benzene rings is 2. The summed E-state index contributed by atoms with van der Waals surface area (Å²) in [5.41, 5.74) is 6.15. The number of nitrogens with one attached hydrogen (secondary N) is 3. The Labute approximate surface area is 183 Å². The van der Waals surface area contributed by atoms with Crippen molar-refractivity contribution in [3.05, 3.63) is 59.7 Å². The van der Waals surface area contributed by atoms with E-state index in [1.807, 2.05) is 13.8 Å². The monoisotopic (exact) mass is 425 g/mol. The average Bonchev–Trinajstić information content (AvgIpc) is 2.72. The third-order valence-corrected chi connectivity index (χ3v) is 4.39. The molecular weight excluding hydrogens is 394 g/mol. The summed E-state index contributed by atoms with van der Waals surface area (Å²) >= 11 is 0. The first-order valence-electron chi connectivity index (χ1n) is 10.5. The molecule has 0 unspecified atom stereocenters. The second-order valence-corrected chi connectivity index (χ2v) is 8.19. The standard InChI is InChI=1S/C24H31N3O4/c1-16(2)13-14-31-21-11-7-19(8-12-21)24(30)27-26-23(29)18-5-9-20(10-6-18)25-22(28)15-17(3)4/h5-12,16-17H,13-15H2,1-4H3,(H,25,28)(H,26,29)(H,27,30).